The summed E-state index contributed by atoms with van der Waals surface area (Å²) in [6.45, 7) is 1.88. The van der Waals surface area contributed by atoms with E-state index in [1.54, 1.807) is 49.5 Å². The molecule has 0 aliphatic carbocycles. The standard InChI is InChI=1S/C20H18N2O4S/c1-12-4-9-15(16(23)10-12)21-20-22(2)18(24)17(27-20)11-13-5-7-14(8-6-13)19(25)26-3/h4-11,23H,1-3H3/b17-11-,21-20?. The van der Waals surface area contributed by atoms with E-state index in [0.717, 1.165) is 11.1 Å². The Morgan fingerprint density at radius 1 is 1.22 bits per heavy atom. The Balaban J connectivity index is 1.86. The molecule has 2 aromatic rings. The van der Waals surface area contributed by atoms with Crippen LogP contribution in [0.2, 0.25) is 0 Å². The molecule has 0 aromatic heterocycles. The summed E-state index contributed by atoms with van der Waals surface area (Å²) >= 11 is 1.23. The number of aliphatic imine (C=N–C) groups is 1. The number of nitrogens with zero attached hydrogens (tertiary/aromatic N) is 2. The van der Waals surface area contributed by atoms with E-state index in [-0.39, 0.29) is 11.7 Å². The van der Waals surface area contributed by atoms with Crippen molar-refractivity contribution in [3.8, 4) is 5.75 Å². The summed E-state index contributed by atoms with van der Waals surface area (Å²) in [6, 6.07) is 12.0. The summed E-state index contributed by atoms with van der Waals surface area (Å²) in [7, 11) is 2.97. The molecule has 1 aliphatic heterocycles. The minimum Gasteiger partial charge on any atom is -0.506 e. The van der Waals surface area contributed by atoms with E-state index in [1.165, 1.54) is 23.8 Å². The molecular weight excluding hydrogens is 364 g/mol. The number of esters is 1. The summed E-state index contributed by atoms with van der Waals surface area (Å²) in [5.74, 6) is -0.519. The number of aryl methyl sites for hydroxylation is 1. The van der Waals surface area contributed by atoms with Crippen molar-refractivity contribution in [3.05, 3.63) is 64.1 Å². The van der Waals surface area contributed by atoms with Gasteiger partial charge in [0.1, 0.15) is 11.4 Å². The van der Waals surface area contributed by atoms with Gasteiger partial charge in [-0.2, -0.15) is 0 Å². The SMILES string of the molecule is COC(=O)c1ccc(/C=C2\SC(=Nc3ccc(C)cc3O)N(C)C2=O)cc1. The van der Waals surface area contributed by atoms with Gasteiger partial charge in [0, 0.05) is 7.05 Å². The Hall–Kier alpha value is -3.06. The maximum absolute atomic E-state index is 12.5. The third-order valence-corrected chi connectivity index (χ3v) is 5.04. The first-order valence-electron chi connectivity index (χ1n) is 8.13. The number of hydrogen-bond acceptors (Lipinski definition) is 6. The van der Waals surface area contributed by atoms with Crippen molar-refractivity contribution in [3.63, 3.8) is 0 Å². The van der Waals surface area contributed by atoms with E-state index in [0.29, 0.717) is 21.3 Å². The molecule has 1 aliphatic rings. The Labute approximate surface area is 161 Å². The summed E-state index contributed by atoms with van der Waals surface area (Å²) < 4.78 is 4.67. The first kappa shape index (κ1) is 18.7. The number of amidine groups is 1. The zero-order valence-electron chi connectivity index (χ0n) is 15.1. The van der Waals surface area contributed by atoms with Gasteiger partial charge in [0.15, 0.2) is 5.17 Å². The minimum absolute atomic E-state index is 0.0692. The zero-order valence-corrected chi connectivity index (χ0v) is 15.9. The number of methoxy groups -OCH3 is 1. The number of likely N-dealkylation sites (N-methyl/N-ethyl adjacent to an activating group) is 1. The molecular formula is C20H18N2O4S. The number of hydrogen-bond donors (Lipinski definition) is 1. The van der Waals surface area contributed by atoms with Crippen LogP contribution in [0.4, 0.5) is 5.69 Å². The highest BCUT2D eigenvalue weighted by Crippen LogP contribution is 2.35. The Bertz CT molecular complexity index is 964. The number of thioether (sulfide) groups is 1. The molecule has 3 rings (SSSR count). The monoisotopic (exact) mass is 382 g/mol. The lowest BCUT2D eigenvalue weighted by atomic mass is 10.1. The first-order chi connectivity index (χ1) is 12.9. The molecule has 6 nitrogen and oxygen atoms in total. The van der Waals surface area contributed by atoms with Crippen molar-refractivity contribution in [1.82, 2.24) is 4.90 Å². The van der Waals surface area contributed by atoms with E-state index < -0.39 is 5.97 Å². The van der Waals surface area contributed by atoms with Gasteiger partial charge >= 0.3 is 5.97 Å². The Morgan fingerprint density at radius 3 is 2.56 bits per heavy atom. The van der Waals surface area contributed by atoms with E-state index in [9.17, 15) is 14.7 Å². The quantitative estimate of drug-likeness (QED) is 0.646. The van der Waals surface area contributed by atoms with Gasteiger partial charge in [-0.05, 0) is 60.2 Å². The van der Waals surface area contributed by atoms with Crippen LogP contribution in [0.3, 0.4) is 0 Å². The Morgan fingerprint density at radius 2 is 1.93 bits per heavy atom. The number of benzene rings is 2. The summed E-state index contributed by atoms with van der Waals surface area (Å²) in [5, 5.41) is 10.5. The molecule has 1 heterocycles. The predicted molar refractivity (Wildman–Crippen MR) is 106 cm³/mol. The number of rotatable bonds is 3. The summed E-state index contributed by atoms with van der Waals surface area (Å²) in [5.41, 5.74) is 2.56. The van der Waals surface area contributed by atoms with Crippen molar-refractivity contribution in [2.75, 3.05) is 14.2 Å². The molecule has 0 spiro atoms. The fourth-order valence-electron chi connectivity index (χ4n) is 2.47. The second-order valence-electron chi connectivity index (χ2n) is 5.97. The second-order valence-corrected chi connectivity index (χ2v) is 6.98. The lowest BCUT2D eigenvalue weighted by Crippen LogP contribution is -2.23. The van der Waals surface area contributed by atoms with Gasteiger partial charge in [-0.3, -0.25) is 9.69 Å². The summed E-state index contributed by atoms with van der Waals surface area (Å²) in [4.78, 5) is 30.3. The van der Waals surface area contributed by atoms with Crippen LogP contribution in [0.1, 0.15) is 21.5 Å². The van der Waals surface area contributed by atoms with Gasteiger partial charge in [0.05, 0.1) is 17.6 Å². The largest absolute Gasteiger partial charge is 0.506 e. The van der Waals surface area contributed by atoms with Gasteiger partial charge in [0.2, 0.25) is 0 Å². The smallest absolute Gasteiger partial charge is 0.337 e. The van der Waals surface area contributed by atoms with Gasteiger partial charge in [0.25, 0.3) is 5.91 Å². The number of carbonyl (C=O) groups is 2. The van der Waals surface area contributed by atoms with Crippen molar-refractivity contribution in [1.29, 1.82) is 0 Å². The molecule has 27 heavy (non-hydrogen) atoms. The molecule has 0 radical (unpaired) electrons. The number of phenolic OH excluding ortho intramolecular Hbond substituents is 1. The number of aromatic hydroxyl groups is 1. The molecule has 1 N–H and O–H groups in total. The van der Waals surface area contributed by atoms with Gasteiger partial charge in [-0.25, -0.2) is 9.79 Å². The van der Waals surface area contributed by atoms with Crippen LogP contribution in [-0.4, -0.2) is 41.2 Å². The van der Waals surface area contributed by atoms with Crippen LogP contribution in [0.15, 0.2) is 52.4 Å². The molecule has 7 heteroatoms. The fraction of sp³-hybridized carbons (Fsp3) is 0.150. The number of phenols is 1. The van der Waals surface area contributed by atoms with Crippen molar-refractivity contribution >= 4 is 40.6 Å². The van der Waals surface area contributed by atoms with E-state index in [4.69, 9.17) is 0 Å². The molecule has 0 unspecified atom stereocenters. The molecule has 138 valence electrons. The second kappa shape index (κ2) is 7.67. The third-order valence-electron chi connectivity index (χ3n) is 3.98. The molecule has 2 aromatic carbocycles. The summed E-state index contributed by atoms with van der Waals surface area (Å²) in [6.07, 6.45) is 1.74. The third kappa shape index (κ3) is 4.03. The average Bonchev–Trinajstić information content (AvgIpc) is 2.92. The van der Waals surface area contributed by atoms with Gasteiger partial charge in [-0.15, -0.1) is 0 Å². The number of carbonyl (C=O) groups excluding carboxylic acids is 2. The molecule has 1 saturated heterocycles. The topological polar surface area (TPSA) is 79.2 Å². The lowest BCUT2D eigenvalue weighted by Gasteiger charge is -2.08. The van der Waals surface area contributed by atoms with Crippen molar-refractivity contribution < 1.29 is 19.4 Å². The maximum Gasteiger partial charge on any atom is 0.337 e. The average molecular weight is 382 g/mol. The number of ether oxygens (including phenoxy) is 1. The fourth-order valence-corrected chi connectivity index (χ4v) is 3.45. The minimum atomic E-state index is -0.410. The zero-order chi connectivity index (χ0) is 19.6. The normalized spacial score (nSPS) is 17.0. The molecule has 0 atom stereocenters. The molecule has 0 bridgehead atoms. The maximum atomic E-state index is 12.5. The lowest BCUT2D eigenvalue weighted by molar-refractivity contribution is -0.121. The van der Waals surface area contributed by atoms with Gasteiger partial charge in [-0.1, -0.05) is 18.2 Å². The molecule has 0 saturated carbocycles. The van der Waals surface area contributed by atoms with Crippen LogP contribution in [0.25, 0.3) is 6.08 Å². The highest BCUT2D eigenvalue weighted by Gasteiger charge is 2.30. The van der Waals surface area contributed by atoms with Crippen LogP contribution >= 0.6 is 11.8 Å². The van der Waals surface area contributed by atoms with E-state index in [2.05, 4.69) is 9.73 Å². The van der Waals surface area contributed by atoms with Crippen LogP contribution in [0.5, 0.6) is 5.75 Å². The van der Waals surface area contributed by atoms with E-state index in [1.807, 2.05) is 13.0 Å². The van der Waals surface area contributed by atoms with Gasteiger partial charge < -0.3 is 9.84 Å². The van der Waals surface area contributed by atoms with Crippen LogP contribution in [0, 0.1) is 6.92 Å². The number of amides is 1. The van der Waals surface area contributed by atoms with Crippen LogP contribution < -0.4 is 0 Å². The molecule has 1 amide bonds. The highest BCUT2D eigenvalue weighted by molar-refractivity contribution is 8.18. The molecule has 1 fully saturated rings. The van der Waals surface area contributed by atoms with E-state index >= 15 is 0 Å². The van der Waals surface area contributed by atoms with Crippen LogP contribution in [-0.2, 0) is 9.53 Å². The van der Waals surface area contributed by atoms with Crippen molar-refractivity contribution in [2.45, 2.75) is 6.92 Å². The first-order valence-corrected chi connectivity index (χ1v) is 8.95. The predicted octanol–water partition coefficient (Wildman–Crippen LogP) is 3.72. The van der Waals surface area contributed by atoms with Crippen molar-refractivity contribution in [2.24, 2.45) is 4.99 Å². The highest BCUT2D eigenvalue weighted by atomic mass is 32.2. The Kier molecular flexibility index (Phi) is 5.32.